The van der Waals surface area contributed by atoms with Crippen LogP contribution in [0.15, 0.2) is 36.7 Å². The topological polar surface area (TPSA) is 64.1 Å². The third-order valence-corrected chi connectivity index (χ3v) is 2.38. The summed E-state index contributed by atoms with van der Waals surface area (Å²) in [7, 11) is 1.29. The van der Waals surface area contributed by atoms with Crippen molar-refractivity contribution in [2.45, 2.75) is 0 Å². The van der Waals surface area contributed by atoms with Gasteiger partial charge in [-0.2, -0.15) is 0 Å². The summed E-state index contributed by atoms with van der Waals surface area (Å²) < 4.78 is 4.53. The van der Waals surface area contributed by atoms with Gasteiger partial charge in [-0.3, -0.25) is 0 Å². The summed E-state index contributed by atoms with van der Waals surface area (Å²) in [6.07, 6.45) is 2.80. The maximum atomic E-state index is 11.2. The first-order valence-electron chi connectivity index (χ1n) is 5.12. The van der Waals surface area contributed by atoms with Crippen LogP contribution in [0, 0.1) is 0 Å². The van der Waals surface area contributed by atoms with Crippen LogP contribution in [0.2, 0.25) is 5.02 Å². The van der Waals surface area contributed by atoms with Crippen LogP contribution in [-0.4, -0.2) is 23.0 Å². The standard InChI is InChI=1S/C12H10ClN3O2/c1-18-12(17)10-6-15-11(7-14-10)16-9-4-2-3-8(13)5-9/h2-7H,1H3,(H,15,16). The number of nitrogens with zero attached hydrogens (tertiary/aromatic N) is 2. The highest BCUT2D eigenvalue weighted by atomic mass is 35.5. The number of ether oxygens (including phenoxy) is 1. The number of carbonyl (C=O) groups is 1. The molecule has 0 aliphatic heterocycles. The Bertz CT molecular complexity index is 558. The van der Waals surface area contributed by atoms with Gasteiger partial charge < -0.3 is 10.1 Å². The molecule has 1 aromatic carbocycles. The number of benzene rings is 1. The van der Waals surface area contributed by atoms with Crippen LogP contribution in [0.3, 0.4) is 0 Å². The Morgan fingerprint density at radius 1 is 1.33 bits per heavy atom. The van der Waals surface area contributed by atoms with E-state index in [0.29, 0.717) is 10.8 Å². The van der Waals surface area contributed by atoms with Crippen molar-refractivity contribution in [2.24, 2.45) is 0 Å². The molecule has 0 aliphatic carbocycles. The van der Waals surface area contributed by atoms with Gasteiger partial charge >= 0.3 is 5.97 Å². The lowest BCUT2D eigenvalue weighted by molar-refractivity contribution is 0.0593. The van der Waals surface area contributed by atoms with E-state index in [1.54, 1.807) is 12.1 Å². The zero-order valence-corrected chi connectivity index (χ0v) is 10.3. The second-order valence-corrected chi connectivity index (χ2v) is 3.85. The molecule has 0 saturated carbocycles. The summed E-state index contributed by atoms with van der Waals surface area (Å²) in [6, 6.07) is 7.21. The summed E-state index contributed by atoms with van der Waals surface area (Å²) in [6.45, 7) is 0. The smallest absolute Gasteiger partial charge is 0.358 e. The number of methoxy groups -OCH3 is 1. The Morgan fingerprint density at radius 2 is 2.17 bits per heavy atom. The van der Waals surface area contributed by atoms with Gasteiger partial charge in [0.05, 0.1) is 19.5 Å². The van der Waals surface area contributed by atoms with Gasteiger partial charge in [-0.15, -0.1) is 0 Å². The highest BCUT2D eigenvalue weighted by Crippen LogP contribution is 2.18. The van der Waals surface area contributed by atoms with Gasteiger partial charge in [-0.25, -0.2) is 14.8 Å². The lowest BCUT2D eigenvalue weighted by atomic mass is 10.3. The van der Waals surface area contributed by atoms with E-state index in [1.165, 1.54) is 19.5 Å². The van der Waals surface area contributed by atoms with Gasteiger partial charge in [-0.05, 0) is 18.2 Å². The molecule has 2 aromatic rings. The molecule has 1 heterocycles. The predicted octanol–water partition coefficient (Wildman–Crippen LogP) is 2.66. The van der Waals surface area contributed by atoms with Crippen molar-refractivity contribution in [1.82, 2.24) is 9.97 Å². The number of esters is 1. The molecule has 0 atom stereocenters. The van der Waals surface area contributed by atoms with Gasteiger partial charge in [0.25, 0.3) is 0 Å². The molecule has 2 rings (SSSR count). The van der Waals surface area contributed by atoms with E-state index < -0.39 is 5.97 Å². The third-order valence-electron chi connectivity index (χ3n) is 2.14. The Morgan fingerprint density at radius 3 is 2.78 bits per heavy atom. The van der Waals surface area contributed by atoms with Crippen LogP contribution in [0.1, 0.15) is 10.5 Å². The zero-order chi connectivity index (χ0) is 13.0. The summed E-state index contributed by atoms with van der Waals surface area (Å²) in [4.78, 5) is 19.2. The van der Waals surface area contributed by atoms with Crippen molar-refractivity contribution < 1.29 is 9.53 Å². The van der Waals surface area contributed by atoms with Gasteiger partial charge in [0.2, 0.25) is 0 Å². The molecule has 5 nitrogen and oxygen atoms in total. The summed E-state index contributed by atoms with van der Waals surface area (Å²) >= 11 is 5.86. The quantitative estimate of drug-likeness (QED) is 0.863. The minimum absolute atomic E-state index is 0.161. The maximum absolute atomic E-state index is 11.2. The van der Waals surface area contributed by atoms with Crippen LogP contribution >= 0.6 is 11.6 Å². The fraction of sp³-hybridized carbons (Fsp3) is 0.0833. The number of carbonyl (C=O) groups excluding carboxylic acids is 1. The monoisotopic (exact) mass is 263 g/mol. The van der Waals surface area contributed by atoms with Crippen molar-refractivity contribution >= 4 is 29.1 Å². The fourth-order valence-electron chi connectivity index (χ4n) is 1.32. The molecule has 0 spiro atoms. The molecular formula is C12H10ClN3O2. The highest BCUT2D eigenvalue weighted by Gasteiger charge is 2.07. The van der Waals surface area contributed by atoms with Gasteiger partial charge in [0.1, 0.15) is 5.82 Å². The molecule has 0 fully saturated rings. The van der Waals surface area contributed by atoms with Crippen molar-refractivity contribution in [2.75, 3.05) is 12.4 Å². The van der Waals surface area contributed by atoms with Gasteiger partial charge in [-0.1, -0.05) is 17.7 Å². The van der Waals surface area contributed by atoms with Gasteiger partial charge in [0.15, 0.2) is 5.69 Å². The lowest BCUT2D eigenvalue weighted by Crippen LogP contribution is -2.05. The van der Waals surface area contributed by atoms with Crippen molar-refractivity contribution in [3.8, 4) is 0 Å². The van der Waals surface area contributed by atoms with Gasteiger partial charge in [0, 0.05) is 10.7 Å². The largest absolute Gasteiger partial charge is 0.464 e. The van der Waals surface area contributed by atoms with E-state index in [4.69, 9.17) is 11.6 Å². The van der Waals surface area contributed by atoms with Crippen LogP contribution in [0.5, 0.6) is 0 Å². The first-order chi connectivity index (χ1) is 8.69. The number of rotatable bonds is 3. The van der Waals surface area contributed by atoms with Crippen molar-refractivity contribution in [3.63, 3.8) is 0 Å². The number of halogens is 1. The SMILES string of the molecule is COC(=O)c1cnc(Nc2cccc(Cl)c2)cn1. The molecule has 18 heavy (non-hydrogen) atoms. The van der Waals surface area contributed by atoms with E-state index >= 15 is 0 Å². The average molecular weight is 264 g/mol. The maximum Gasteiger partial charge on any atom is 0.358 e. The Labute approximate surface area is 109 Å². The van der Waals surface area contributed by atoms with E-state index in [1.807, 2.05) is 12.1 Å². The first kappa shape index (κ1) is 12.3. The molecular weight excluding hydrogens is 254 g/mol. The Kier molecular flexibility index (Phi) is 3.74. The molecule has 1 aromatic heterocycles. The van der Waals surface area contributed by atoms with Crippen LogP contribution in [-0.2, 0) is 4.74 Å². The third kappa shape index (κ3) is 2.95. The van der Waals surface area contributed by atoms with Crippen molar-refractivity contribution in [1.29, 1.82) is 0 Å². The molecule has 0 bridgehead atoms. The molecule has 6 heteroatoms. The van der Waals surface area contributed by atoms with E-state index in [-0.39, 0.29) is 5.69 Å². The fourth-order valence-corrected chi connectivity index (χ4v) is 1.51. The second-order valence-electron chi connectivity index (χ2n) is 3.41. The zero-order valence-electron chi connectivity index (χ0n) is 9.55. The summed E-state index contributed by atoms with van der Waals surface area (Å²) in [5.74, 6) is 0.00160. The molecule has 0 radical (unpaired) electrons. The molecule has 0 unspecified atom stereocenters. The van der Waals surface area contributed by atoms with Crippen LogP contribution in [0.4, 0.5) is 11.5 Å². The summed E-state index contributed by atoms with van der Waals surface area (Å²) in [5.41, 5.74) is 0.955. The molecule has 0 aliphatic rings. The predicted molar refractivity (Wildman–Crippen MR) is 68.1 cm³/mol. The molecule has 0 saturated heterocycles. The van der Waals surface area contributed by atoms with Crippen LogP contribution in [0.25, 0.3) is 0 Å². The molecule has 0 amide bonds. The number of hydrogen-bond donors (Lipinski definition) is 1. The second kappa shape index (κ2) is 5.46. The highest BCUT2D eigenvalue weighted by molar-refractivity contribution is 6.30. The molecule has 92 valence electrons. The number of nitrogens with one attached hydrogen (secondary N) is 1. The number of aromatic nitrogens is 2. The Hall–Kier alpha value is -2.14. The average Bonchev–Trinajstić information content (AvgIpc) is 2.39. The lowest BCUT2D eigenvalue weighted by Gasteiger charge is -2.05. The normalized spacial score (nSPS) is 9.89. The van der Waals surface area contributed by atoms with E-state index in [2.05, 4.69) is 20.0 Å². The van der Waals surface area contributed by atoms with E-state index in [0.717, 1.165) is 5.69 Å². The first-order valence-corrected chi connectivity index (χ1v) is 5.50. The number of hydrogen-bond acceptors (Lipinski definition) is 5. The minimum atomic E-state index is -0.517. The van der Waals surface area contributed by atoms with Crippen LogP contribution < -0.4 is 5.32 Å². The number of anilines is 2. The van der Waals surface area contributed by atoms with Crippen molar-refractivity contribution in [3.05, 3.63) is 47.4 Å². The molecule has 1 N–H and O–H groups in total. The Balaban J connectivity index is 2.13. The minimum Gasteiger partial charge on any atom is -0.464 e. The van der Waals surface area contributed by atoms with E-state index in [9.17, 15) is 4.79 Å². The summed E-state index contributed by atoms with van der Waals surface area (Å²) in [5, 5.41) is 3.64.